The van der Waals surface area contributed by atoms with Crippen LogP contribution in [0.4, 0.5) is 0 Å². The van der Waals surface area contributed by atoms with E-state index >= 15 is 0 Å². The average molecular weight is 275 g/mol. The highest BCUT2D eigenvalue weighted by Gasteiger charge is 2.04. The lowest BCUT2D eigenvalue weighted by atomic mass is 10.0. The fourth-order valence-corrected chi connectivity index (χ4v) is 2.28. The number of halogens is 1. The third-order valence-electron chi connectivity index (χ3n) is 2.86. The molecule has 0 amide bonds. The minimum atomic E-state index is 0.736. The van der Waals surface area contributed by atoms with Gasteiger partial charge in [-0.1, -0.05) is 73.6 Å². The molecule has 92 valence electrons. The molecule has 0 saturated carbocycles. The smallest absolute Gasteiger partial charge is 0.0521 e. The van der Waals surface area contributed by atoms with E-state index in [1.807, 2.05) is 24.3 Å². The molecule has 2 aromatic rings. The zero-order valence-electron chi connectivity index (χ0n) is 10.3. The predicted octanol–water partition coefficient (Wildman–Crippen LogP) is 5.06. The van der Waals surface area contributed by atoms with E-state index < -0.39 is 0 Å². The summed E-state index contributed by atoms with van der Waals surface area (Å²) in [4.78, 5) is 0.870. The quantitative estimate of drug-likeness (QED) is 0.555. The van der Waals surface area contributed by atoms with Crippen molar-refractivity contribution in [3.05, 3.63) is 70.2 Å². The second kappa shape index (κ2) is 6.12. The van der Waals surface area contributed by atoms with Crippen LogP contribution in [0.2, 0.25) is 5.02 Å². The summed E-state index contributed by atoms with van der Waals surface area (Å²) < 4.78 is 0. The second-order valence-electron chi connectivity index (χ2n) is 4.28. The van der Waals surface area contributed by atoms with E-state index in [1.165, 1.54) is 12.0 Å². The molecule has 0 unspecified atom stereocenters. The summed E-state index contributed by atoms with van der Waals surface area (Å²) in [7, 11) is 0. The Hall–Kier alpha value is -1.18. The largest absolute Gasteiger partial charge is 0.0843 e. The van der Waals surface area contributed by atoms with E-state index in [9.17, 15) is 0 Å². The number of benzene rings is 2. The van der Waals surface area contributed by atoms with E-state index in [-0.39, 0.29) is 0 Å². The molecule has 0 radical (unpaired) electrons. The van der Waals surface area contributed by atoms with Crippen molar-refractivity contribution >= 4 is 28.7 Å². The van der Waals surface area contributed by atoms with E-state index in [0.717, 1.165) is 27.4 Å². The average Bonchev–Trinajstić information content (AvgIpc) is 2.40. The van der Waals surface area contributed by atoms with Gasteiger partial charge in [-0.05, 0) is 35.2 Å². The number of rotatable bonds is 4. The Morgan fingerprint density at radius 3 is 1.94 bits per heavy atom. The minimum Gasteiger partial charge on any atom is -0.0843 e. The van der Waals surface area contributed by atoms with Crippen LogP contribution in [0, 0.1) is 0 Å². The molecule has 0 bridgehead atoms. The van der Waals surface area contributed by atoms with E-state index in [1.54, 1.807) is 0 Å². The molecule has 2 heteroatoms. The minimum absolute atomic E-state index is 0.736. The van der Waals surface area contributed by atoms with Crippen LogP contribution in [0.3, 0.4) is 0 Å². The highest BCUT2D eigenvalue weighted by molar-refractivity contribution is 7.81. The maximum Gasteiger partial charge on any atom is 0.0521 e. The van der Waals surface area contributed by atoms with Crippen LogP contribution in [0.5, 0.6) is 0 Å². The van der Waals surface area contributed by atoms with Gasteiger partial charge in [0.25, 0.3) is 0 Å². The van der Waals surface area contributed by atoms with Gasteiger partial charge in [0.1, 0.15) is 0 Å². The maximum atomic E-state index is 5.87. The number of thiocarbonyl (C=S) groups is 1. The van der Waals surface area contributed by atoms with Crippen LogP contribution in [-0.4, -0.2) is 4.86 Å². The van der Waals surface area contributed by atoms with E-state index in [4.69, 9.17) is 23.8 Å². The van der Waals surface area contributed by atoms with Crippen LogP contribution in [-0.2, 0) is 6.42 Å². The fourth-order valence-electron chi connectivity index (χ4n) is 1.88. The van der Waals surface area contributed by atoms with Gasteiger partial charge in [-0.3, -0.25) is 0 Å². The number of hydrogen-bond donors (Lipinski definition) is 0. The summed E-state index contributed by atoms with van der Waals surface area (Å²) in [5, 5.41) is 0.736. The van der Waals surface area contributed by atoms with Gasteiger partial charge in [-0.15, -0.1) is 0 Å². The molecule has 0 aliphatic rings. The van der Waals surface area contributed by atoms with Crippen LogP contribution in [0.15, 0.2) is 48.5 Å². The van der Waals surface area contributed by atoms with Crippen molar-refractivity contribution in [2.75, 3.05) is 0 Å². The Kier molecular flexibility index (Phi) is 4.51. The van der Waals surface area contributed by atoms with Gasteiger partial charge in [0.05, 0.1) is 4.86 Å². The second-order valence-corrected chi connectivity index (χ2v) is 5.13. The lowest BCUT2D eigenvalue weighted by Crippen LogP contribution is -1.99. The number of hydrogen-bond acceptors (Lipinski definition) is 1. The SMILES string of the molecule is CCCc1ccc(C(=S)c2ccc(Cl)cc2)cc1. The van der Waals surface area contributed by atoms with Gasteiger partial charge < -0.3 is 0 Å². The summed E-state index contributed by atoms with van der Waals surface area (Å²) in [5.74, 6) is 0. The molecule has 0 aromatic heterocycles. The third-order valence-corrected chi connectivity index (χ3v) is 3.58. The van der Waals surface area contributed by atoms with Crippen LogP contribution < -0.4 is 0 Å². The van der Waals surface area contributed by atoms with Gasteiger partial charge in [-0.2, -0.15) is 0 Å². The molecule has 18 heavy (non-hydrogen) atoms. The molecular formula is C16H15ClS. The first kappa shape index (κ1) is 13.3. The molecule has 0 spiro atoms. The molecule has 0 N–H and O–H groups in total. The van der Waals surface area contributed by atoms with Crippen molar-refractivity contribution in [1.82, 2.24) is 0 Å². The van der Waals surface area contributed by atoms with Crippen molar-refractivity contribution in [3.63, 3.8) is 0 Å². The molecule has 0 saturated heterocycles. The van der Waals surface area contributed by atoms with Gasteiger partial charge in [0, 0.05) is 5.02 Å². The molecule has 0 heterocycles. The summed E-state index contributed by atoms with van der Waals surface area (Å²) in [6.07, 6.45) is 2.29. The summed E-state index contributed by atoms with van der Waals surface area (Å²) >= 11 is 11.4. The first-order valence-corrected chi connectivity index (χ1v) is 6.88. The van der Waals surface area contributed by atoms with E-state index in [2.05, 4.69) is 31.2 Å². The Balaban J connectivity index is 2.20. The standard InChI is InChI=1S/C16H15ClS/c1-2-3-12-4-6-13(7-5-12)16(18)14-8-10-15(17)11-9-14/h4-11H,2-3H2,1H3. The normalized spacial score (nSPS) is 10.3. The molecule has 0 atom stereocenters. The Morgan fingerprint density at radius 1 is 0.944 bits per heavy atom. The van der Waals surface area contributed by atoms with E-state index in [0.29, 0.717) is 0 Å². The summed E-state index contributed by atoms with van der Waals surface area (Å²) in [5.41, 5.74) is 3.49. The highest BCUT2D eigenvalue weighted by atomic mass is 35.5. The summed E-state index contributed by atoms with van der Waals surface area (Å²) in [6.45, 7) is 2.19. The molecule has 2 rings (SSSR count). The molecule has 0 aliphatic heterocycles. The predicted molar refractivity (Wildman–Crippen MR) is 82.7 cm³/mol. The monoisotopic (exact) mass is 274 g/mol. The van der Waals surface area contributed by atoms with Crippen molar-refractivity contribution in [1.29, 1.82) is 0 Å². The molecule has 0 fully saturated rings. The first-order chi connectivity index (χ1) is 8.70. The Morgan fingerprint density at radius 2 is 1.44 bits per heavy atom. The number of aryl methyl sites for hydroxylation is 1. The molecule has 0 aliphatic carbocycles. The van der Waals surface area contributed by atoms with Crippen molar-refractivity contribution in [3.8, 4) is 0 Å². The highest BCUT2D eigenvalue weighted by Crippen LogP contribution is 2.16. The van der Waals surface area contributed by atoms with Crippen molar-refractivity contribution < 1.29 is 0 Å². The van der Waals surface area contributed by atoms with Crippen LogP contribution in [0.1, 0.15) is 30.0 Å². The Labute approximate surface area is 119 Å². The topological polar surface area (TPSA) is 0 Å². The van der Waals surface area contributed by atoms with Gasteiger partial charge in [-0.25, -0.2) is 0 Å². The third kappa shape index (κ3) is 3.18. The lowest BCUT2D eigenvalue weighted by molar-refractivity contribution is 0.922. The maximum absolute atomic E-state index is 5.87. The zero-order valence-corrected chi connectivity index (χ0v) is 11.9. The van der Waals surface area contributed by atoms with Gasteiger partial charge in [0.2, 0.25) is 0 Å². The molecule has 0 nitrogen and oxygen atoms in total. The van der Waals surface area contributed by atoms with Crippen molar-refractivity contribution in [2.24, 2.45) is 0 Å². The van der Waals surface area contributed by atoms with Crippen molar-refractivity contribution in [2.45, 2.75) is 19.8 Å². The zero-order chi connectivity index (χ0) is 13.0. The first-order valence-electron chi connectivity index (χ1n) is 6.10. The lowest BCUT2D eigenvalue weighted by Gasteiger charge is -2.06. The molecular weight excluding hydrogens is 260 g/mol. The Bertz CT molecular complexity index is 526. The van der Waals surface area contributed by atoms with Gasteiger partial charge in [0.15, 0.2) is 0 Å². The van der Waals surface area contributed by atoms with Gasteiger partial charge >= 0.3 is 0 Å². The van der Waals surface area contributed by atoms with Crippen LogP contribution >= 0.6 is 23.8 Å². The fraction of sp³-hybridized carbons (Fsp3) is 0.188. The summed E-state index contributed by atoms with van der Waals surface area (Å²) in [6, 6.07) is 16.2. The molecule has 2 aromatic carbocycles. The van der Waals surface area contributed by atoms with Crippen LogP contribution in [0.25, 0.3) is 0 Å².